The maximum atomic E-state index is 13.8. The number of halogens is 1. The van der Waals surface area contributed by atoms with E-state index in [4.69, 9.17) is 0 Å². The van der Waals surface area contributed by atoms with Crippen molar-refractivity contribution in [3.8, 4) is 0 Å². The van der Waals surface area contributed by atoms with Crippen LogP contribution in [0.1, 0.15) is 26.7 Å². The Bertz CT molecular complexity index is 487. The van der Waals surface area contributed by atoms with Crippen LogP contribution in [0.25, 0.3) is 0 Å². The summed E-state index contributed by atoms with van der Waals surface area (Å²) in [5.74, 6) is -0.0950. The van der Waals surface area contributed by atoms with E-state index in [1.165, 1.54) is 6.07 Å². The second-order valence-electron chi connectivity index (χ2n) is 5.97. The molecule has 1 saturated heterocycles. The molecule has 1 fully saturated rings. The number of anilines is 1. The highest BCUT2D eigenvalue weighted by Gasteiger charge is 2.21. The molecule has 4 nitrogen and oxygen atoms in total. The Labute approximate surface area is 132 Å². The smallest absolute Gasteiger partial charge is 0.234 e. The van der Waals surface area contributed by atoms with Crippen molar-refractivity contribution >= 4 is 11.6 Å². The molecule has 1 N–H and O–H groups in total. The monoisotopic (exact) mass is 307 g/mol. The minimum Gasteiger partial charge on any atom is -0.367 e. The number of carbonyl (C=O) groups is 1. The fourth-order valence-electron chi connectivity index (χ4n) is 2.88. The van der Waals surface area contributed by atoms with Crippen LogP contribution < -0.4 is 10.2 Å². The van der Waals surface area contributed by atoms with Gasteiger partial charge in [0, 0.05) is 32.2 Å². The van der Waals surface area contributed by atoms with Gasteiger partial charge in [0.15, 0.2) is 0 Å². The summed E-state index contributed by atoms with van der Waals surface area (Å²) < 4.78 is 13.8. The molecule has 22 heavy (non-hydrogen) atoms. The number of benzene rings is 1. The largest absolute Gasteiger partial charge is 0.367 e. The zero-order chi connectivity index (χ0) is 15.9. The molecule has 2 rings (SSSR count). The summed E-state index contributed by atoms with van der Waals surface area (Å²) in [6.07, 6.45) is 2.08. The predicted octanol–water partition coefficient (Wildman–Crippen LogP) is 2.25. The van der Waals surface area contributed by atoms with Gasteiger partial charge in [-0.1, -0.05) is 25.5 Å². The summed E-state index contributed by atoms with van der Waals surface area (Å²) in [5.41, 5.74) is 0.656. The molecule has 1 aliphatic heterocycles. The standard InChI is InChI=1S/C17H26FN3O/c1-3-6-14(2)19-17(22)13-20-9-11-21(12-10-20)16-8-5-4-7-15(16)18/h4-5,7-8,14H,3,6,9-13H2,1-2H3,(H,19,22)/t14-/m0/s1. The van der Waals surface area contributed by atoms with Crippen molar-refractivity contribution in [1.29, 1.82) is 0 Å². The first kappa shape index (κ1) is 16.7. The highest BCUT2D eigenvalue weighted by Crippen LogP contribution is 2.19. The molecule has 1 aliphatic rings. The highest BCUT2D eigenvalue weighted by molar-refractivity contribution is 5.78. The van der Waals surface area contributed by atoms with E-state index in [0.29, 0.717) is 12.2 Å². The van der Waals surface area contributed by atoms with Crippen LogP contribution in [0.5, 0.6) is 0 Å². The Hall–Kier alpha value is -1.62. The first-order valence-electron chi connectivity index (χ1n) is 8.11. The van der Waals surface area contributed by atoms with E-state index in [9.17, 15) is 9.18 Å². The summed E-state index contributed by atoms with van der Waals surface area (Å²) in [4.78, 5) is 16.2. The lowest BCUT2D eigenvalue weighted by molar-refractivity contribution is -0.123. The molecule has 1 amide bonds. The van der Waals surface area contributed by atoms with Crippen LogP contribution in [0.15, 0.2) is 24.3 Å². The van der Waals surface area contributed by atoms with Crippen LogP contribution in [-0.4, -0.2) is 49.6 Å². The average Bonchev–Trinajstić information content (AvgIpc) is 2.49. The van der Waals surface area contributed by atoms with Crippen molar-refractivity contribution < 1.29 is 9.18 Å². The van der Waals surface area contributed by atoms with Gasteiger partial charge >= 0.3 is 0 Å². The number of carbonyl (C=O) groups excluding carboxylic acids is 1. The second-order valence-corrected chi connectivity index (χ2v) is 5.97. The van der Waals surface area contributed by atoms with Gasteiger partial charge in [0.1, 0.15) is 5.82 Å². The topological polar surface area (TPSA) is 35.6 Å². The van der Waals surface area contributed by atoms with Crippen LogP contribution in [0.3, 0.4) is 0 Å². The third-order valence-corrected chi connectivity index (χ3v) is 4.06. The number of para-hydroxylation sites is 1. The summed E-state index contributed by atoms with van der Waals surface area (Å²) in [7, 11) is 0. The fourth-order valence-corrected chi connectivity index (χ4v) is 2.88. The fraction of sp³-hybridized carbons (Fsp3) is 0.588. The molecule has 0 spiro atoms. The summed E-state index contributed by atoms with van der Waals surface area (Å²) in [5, 5.41) is 3.03. The van der Waals surface area contributed by atoms with Crippen LogP contribution in [0.4, 0.5) is 10.1 Å². The number of amides is 1. The van der Waals surface area contributed by atoms with Gasteiger partial charge in [-0.25, -0.2) is 4.39 Å². The molecule has 0 saturated carbocycles. The highest BCUT2D eigenvalue weighted by atomic mass is 19.1. The predicted molar refractivity (Wildman–Crippen MR) is 87.6 cm³/mol. The van der Waals surface area contributed by atoms with E-state index in [1.54, 1.807) is 6.07 Å². The van der Waals surface area contributed by atoms with E-state index in [2.05, 4.69) is 17.1 Å². The number of piperazine rings is 1. The second kappa shape index (κ2) is 8.13. The van der Waals surface area contributed by atoms with Crippen molar-refractivity contribution in [2.45, 2.75) is 32.7 Å². The van der Waals surface area contributed by atoms with Gasteiger partial charge < -0.3 is 10.2 Å². The van der Waals surface area contributed by atoms with Crippen molar-refractivity contribution in [1.82, 2.24) is 10.2 Å². The molecule has 0 aliphatic carbocycles. The Morgan fingerprint density at radius 3 is 2.59 bits per heavy atom. The first-order valence-corrected chi connectivity index (χ1v) is 8.11. The van der Waals surface area contributed by atoms with Crippen LogP contribution in [0, 0.1) is 5.82 Å². The van der Waals surface area contributed by atoms with Crippen molar-refractivity contribution in [3.63, 3.8) is 0 Å². The van der Waals surface area contributed by atoms with Crippen molar-refractivity contribution in [3.05, 3.63) is 30.1 Å². The first-order chi connectivity index (χ1) is 10.6. The third-order valence-electron chi connectivity index (χ3n) is 4.06. The molecule has 0 aromatic heterocycles. The molecule has 1 heterocycles. The maximum Gasteiger partial charge on any atom is 0.234 e. The SMILES string of the molecule is CCC[C@H](C)NC(=O)CN1CCN(c2ccccc2F)CC1. The van der Waals surface area contributed by atoms with E-state index < -0.39 is 0 Å². The van der Waals surface area contributed by atoms with Gasteiger partial charge in [0.05, 0.1) is 12.2 Å². The van der Waals surface area contributed by atoms with E-state index in [1.807, 2.05) is 24.0 Å². The van der Waals surface area contributed by atoms with Gasteiger partial charge in [-0.05, 0) is 25.5 Å². The molecule has 1 atom stereocenters. The Balaban J connectivity index is 1.78. The zero-order valence-electron chi connectivity index (χ0n) is 13.5. The Morgan fingerprint density at radius 1 is 1.27 bits per heavy atom. The molecule has 1 aromatic carbocycles. The van der Waals surface area contributed by atoms with Gasteiger partial charge in [0.25, 0.3) is 0 Å². The van der Waals surface area contributed by atoms with Crippen LogP contribution in [0.2, 0.25) is 0 Å². The van der Waals surface area contributed by atoms with E-state index >= 15 is 0 Å². The maximum absolute atomic E-state index is 13.8. The molecule has 122 valence electrons. The third kappa shape index (κ3) is 4.70. The molecule has 0 bridgehead atoms. The minimum absolute atomic E-state index is 0.0836. The number of hydrogen-bond donors (Lipinski definition) is 1. The number of hydrogen-bond acceptors (Lipinski definition) is 3. The molecule has 0 unspecified atom stereocenters. The van der Waals surface area contributed by atoms with E-state index in [-0.39, 0.29) is 17.8 Å². The van der Waals surface area contributed by atoms with Gasteiger partial charge in [0.2, 0.25) is 5.91 Å². The lowest BCUT2D eigenvalue weighted by Gasteiger charge is -2.36. The average molecular weight is 307 g/mol. The molecular formula is C17H26FN3O. The van der Waals surface area contributed by atoms with Gasteiger partial charge in [-0.3, -0.25) is 9.69 Å². The zero-order valence-corrected chi connectivity index (χ0v) is 13.5. The van der Waals surface area contributed by atoms with Crippen LogP contribution >= 0.6 is 0 Å². The number of nitrogens with zero attached hydrogens (tertiary/aromatic N) is 2. The molecule has 1 aromatic rings. The van der Waals surface area contributed by atoms with E-state index in [0.717, 1.165) is 39.0 Å². The Kier molecular flexibility index (Phi) is 6.19. The molecule has 0 radical (unpaired) electrons. The molecule has 5 heteroatoms. The van der Waals surface area contributed by atoms with Crippen molar-refractivity contribution in [2.75, 3.05) is 37.6 Å². The minimum atomic E-state index is -0.179. The normalized spacial score (nSPS) is 17.3. The van der Waals surface area contributed by atoms with Crippen LogP contribution in [-0.2, 0) is 4.79 Å². The number of nitrogens with one attached hydrogen (secondary N) is 1. The summed E-state index contributed by atoms with van der Waals surface area (Å²) in [6.45, 7) is 7.65. The summed E-state index contributed by atoms with van der Waals surface area (Å²) >= 11 is 0. The van der Waals surface area contributed by atoms with Gasteiger partial charge in [-0.2, -0.15) is 0 Å². The lowest BCUT2D eigenvalue weighted by Crippen LogP contribution is -2.50. The lowest BCUT2D eigenvalue weighted by atomic mass is 10.2. The Morgan fingerprint density at radius 2 is 1.95 bits per heavy atom. The van der Waals surface area contributed by atoms with Gasteiger partial charge in [-0.15, -0.1) is 0 Å². The van der Waals surface area contributed by atoms with Crippen molar-refractivity contribution in [2.24, 2.45) is 0 Å². The molecular weight excluding hydrogens is 281 g/mol. The number of rotatable bonds is 6. The summed E-state index contributed by atoms with van der Waals surface area (Å²) in [6, 6.07) is 7.09. The quantitative estimate of drug-likeness (QED) is 0.875.